The molecule has 2 fully saturated rings. The first-order chi connectivity index (χ1) is 9.18. The largest absolute Gasteiger partial charge is 0.505 e. The fourth-order valence-electron chi connectivity index (χ4n) is 3.70. The van der Waals surface area contributed by atoms with E-state index in [1.807, 2.05) is 4.90 Å². The lowest BCUT2D eigenvalue weighted by Gasteiger charge is -2.32. The van der Waals surface area contributed by atoms with Crippen molar-refractivity contribution in [3.63, 3.8) is 0 Å². The number of aromatic nitrogens is 1. The van der Waals surface area contributed by atoms with Crippen molar-refractivity contribution in [1.82, 2.24) is 9.88 Å². The lowest BCUT2D eigenvalue weighted by atomic mass is 9.80. The van der Waals surface area contributed by atoms with Crippen LogP contribution in [0.1, 0.15) is 43.1 Å². The molecule has 0 unspecified atom stereocenters. The number of rotatable bonds is 1. The first kappa shape index (κ1) is 12.5. The monoisotopic (exact) mass is 260 g/mol. The number of hydrogen-bond donors (Lipinski definition) is 1. The van der Waals surface area contributed by atoms with Crippen LogP contribution in [-0.2, 0) is 0 Å². The quantitative estimate of drug-likeness (QED) is 0.843. The summed E-state index contributed by atoms with van der Waals surface area (Å²) in [6.45, 7) is 3.03. The van der Waals surface area contributed by atoms with Gasteiger partial charge in [-0.2, -0.15) is 0 Å². The van der Waals surface area contributed by atoms with E-state index in [1.165, 1.54) is 25.3 Å². The molecular formula is C15H20N2O2. The highest BCUT2D eigenvalue weighted by molar-refractivity contribution is 5.95. The third kappa shape index (κ3) is 2.09. The van der Waals surface area contributed by atoms with Crippen LogP contribution in [0.5, 0.6) is 5.75 Å². The zero-order valence-electron chi connectivity index (χ0n) is 11.2. The Balaban J connectivity index is 1.86. The number of amides is 1. The second kappa shape index (κ2) is 4.83. The number of likely N-dealkylation sites (tertiary alicyclic amines) is 1. The number of carbonyl (C=O) groups excluding carboxylic acids is 1. The Hall–Kier alpha value is -1.58. The minimum atomic E-state index is -0.112. The third-order valence-corrected chi connectivity index (χ3v) is 4.65. The molecule has 1 aromatic rings. The number of carbonyl (C=O) groups is 1. The fourth-order valence-corrected chi connectivity index (χ4v) is 3.70. The summed E-state index contributed by atoms with van der Waals surface area (Å²) >= 11 is 0. The Labute approximate surface area is 113 Å². The number of aromatic hydroxyl groups is 1. The Morgan fingerprint density at radius 1 is 1.42 bits per heavy atom. The molecule has 2 heterocycles. The second-order valence-electron chi connectivity index (χ2n) is 5.82. The second-order valence-corrected chi connectivity index (χ2v) is 5.82. The zero-order chi connectivity index (χ0) is 13.4. The van der Waals surface area contributed by atoms with E-state index >= 15 is 0 Å². The van der Waals surface area contributed by atoms with Crippen molar-refractivity contribution in [1.29, 1.82) is 0 Å². The Bertz CT molecular complexity index is 489. The molecule has 1 saturated carbocycles. The van der Waals surface area contributed by atoms with E-state index < -0.39 is 0 Å². The molecule has 3 rings (SSSR count). The van der Waals surface area contributed by atoms with Crippen LogP contribution in [0.3, 0.4) is 0 Å². The third-order valence-electron chi connectivity index (χ3n) is 4.65. The van der Waals surface area contributed by atoms with Crippen LogP contribution in [0, 0.1) is 11.8 Å². The summed E-state index contributed by atoms with van der Waals surface area (Å²) in [4.78, 5) is 18.6. The van der Waals surface area contributed by atoms with E-state index in [4.69, 9.17) is 0 Å². The number of pyridine rings is 1. The molecule has 1 saturated heterocycles. The standard InChI is InChI=1S/C15H20N2O2/c1-10-9-17(12-6-3-2-5-11(10)12)15(19)14-13(18)7-4-8-16-14/h4,7-8,10-12,18H,2-3,5-6,9H2,1H3/t10-,11-,12-/m1/s1. The predicted molar refractivity (Wildman–Crippen MR) is 71.8 cm³/mol. The SMILES string of the molecule is C[C@@H]1CN(C(=O)c2ncccc2O)[C@@H]2CCCC[C@H]12. The van der Waals surface area contributed by atoms with Gasteiger partial charge in [0.15, 0.2) is 5.69 Å². The van der Waals surface area contributed by atoms with E-state index in [0.29, 0.717) is 17.9 Å². The summed E-state index contributed by atoms with van der Waals surface area (Å²) in [5.74, 6) is 1.06. The van der Waals surface area contributed by atoms with Gasteiger partial charge in [-0.3, -0.25) is 4.79 Å². The number of hydrogen-bond acceptors (Lipinski definition) is 3. The molecule has 4 heteroatoms. The van der Waals surface area contributed by atoms with Crippen molar-refractivity contribution in [2.45, 2.75) is 38.6 Å². The van der Waals surface area contributed by atoms with Crippen LogP contribution >= 0.6 is 0 Å². The molecule has 2 aliphatic rings. The maximum atomic E-state index is 12.6. The van der Waals surface area contributed by atoms with Crippen LogP contribution in [0.25, 0.3) is 0 Å². The number of nitrogens with zero attached hydrogens (tertiary/aromatic N) is 2. The molecule has 4 nitrogen and oxygen atoms in total. The Morgan fingerprint density at radius 3 is 3.00 bits per heavy atom. The van der Waals surface area contributed by atoms with Gasteiger partial charge < -0.3 is 10.0 Å². The molecule has 0 aromatic carbocycles. The maximum absolute atomic E-state index is 12.6. The van der Waals surface area contributed by atoms with E-state index in [9.17, 15) is 9.90 Å². The van der Waals surface area contributed by atoms with Crippen molar-refractivity contribution in [3.8, 4) is 5.75 Å². The van der Waals surface area contributed by atoms with Gasteiger partial charge in [0.2, 0.25) is 0 Å². The van der Waals surface area contributed by atoms with Gasteiger partial charge in [0.1, 0.15) is 5.75 Å². The zero-order valence-corrected chi connectivity index (χ0v) is 11.2. The fraction of sp³-hybridized carbons (Fsp3) is 0.600. The molecule has 1 aliphatic heterocycles. The van der Waals surface area contributed by atoms with Gasteiger partial charge in [0, 0.05) is 18.8 Å². The van der Waals surface area contributed by atoms with Gasteiger partial charge in [-0.25, -0.2) is 4.98 Å². The molecule has 0 bridgehead atoms. The van der Waals surface area contributed by atoms with Crippen molar-refractivity contribution in [3.05, 3.63) is 24.0 Å². The highest BCUT2D eigenvalue weighted by atomic mass is 16.3. The molecule has 1 amide bonds. The predicted octanol–water partition coefficient (Wildman–Crippen LogP) is 2.44. The van der Waals surface area contributed by atoms with Crippen LogP contribution in [0.15, 0.2) is 18.3 Å². The smallest absolute Gasteiger partial charge is 0.276 e. The average molecular weight is 260 g/mol. The average Bonchev–Trinajstić information content (AvgIpc) is 2.77. The lowest BCUT2D eigenvalue weighted by Crippen LogP contribution is -2.39. The number of fused-ring (bicyclic) bond motifs is 1. The Morgan fingerprint density at radius 2 is 2.21 bits per heavy atom. The molecule has 0 spiro atoms. The summed E-state index contributed by atoms with van der Waals surface area (Å²) in [5, 5.41) is 9.79. The van der Waals surface area contributed by atoms with Crippen molar-refractivity contribution < 1.29 is 9.90 Å². The molecule has 1 aromatic heterocycles. The summed E-state index contributed by atoms with van der Waals surface area (Å²) in [7, 11) is 0. The van der Waals surface area contributed by atoms with Crippen molar-refractivity contribution >= 4 is 5.91 Å². The molecule has 19 heavy (non-hydrogen) atoms. The highest BCUT2D eigenvalue weighted by Crippen LogP contribution is 2.40. The molecule has 102 valence electrons. The van der Waals surface area contributed by atoms with Gasteiger partial charge in [-0.05, 0) is 36.8 Å². The van der Waals surface area contributed by atoms with Crippen molar-refractivity contribution in [2.24, 2.45) is 11.8 Å². The van der Waals surface area contributed by atoms with Crippen molar-refractivity contribution in [2.75, 3.05) is 6.54 Å². The topological polar surface area (TPSA) is 53.4 Å². The normalized spacial score (nSPS) is 30.2. The Kier molecular flexibility index (Phi) is 3.17. The molecular weight excluding hydrogens is 240 g/mol. The molecule has 1 N–H and O–H groups in total. The highest BCUT2D eigenvalue weighted by Gasteiger charge is 2.43. The van der Waals surface area contributed by atoms with Crippen LogP contribution in [0.4, 0.5) is 0 Å². The summed E-state index contributed by atoms with van der Waals surface area (Å²) in [5.41, 5.74) is 0.195. The van der Waals surface area contributed by atoms with Gasteiger partial charge in [-0.15, -0.1) is 0 Å². The van der Waals surface area contributed by atoms with Gasteiger partial charge >= 0.3 is 0 Å². The minimum absolute atomic E-state index is 0.0144. The summed E-state index contributed by atoms with van der Waals surface area (Å²) < 4.78 is 0. The first-order valence-corrected chi connectivity index (χ1v) is 7.13. The van der Waals surface area contributed by atoms with E-state index in [2.05, 4.69) is 11.9 Å². The minimum Gasteiger partial charge on any atom is -0.505 e. The van der Waals surface area contributed by atoms with Gasteiger partial charge in [0.05, 0.1) is 0 Å². The molecule has 3 atom stereocenters. The van der Waals surface area contributed by atoms with E-state index in [1.54, 1.807) is 12.3 Å². The first-order valence-electron chi connectivity index (χ1n) is 7.13. The van der Waals surface area contributed by atoms with Crippen LogP contribution < -0.4 is 0 Å². The van der Waals surface area contributed by atoms with Gasteiger partial charge in [-0.1, -0.05) is 19.8 Å². The van der Waals surface area contributed by atoms with E-state index in [0.717, 1.165) is 13.0 Å². The van der Waals surface area contributed by atoms with E-state index in [-0.39, 0.29) is 17.4 Å². The summed E-state index contributed by atoms with van der Waals surface area (Å²) in [6.07, 6.45) is 6.36. The van der Waals surface area contributed by atoms with Gasteiger partial charge in [0.25, 0.3) is 5.91 Å². The molecule has 0 radical (unpaired) electrons. The lowest BCUT2D eigenvalue weighted by molar-refractivity contribution is 0.0681. The summed E-state index contributed by atoms with van der Waals surface area (Å²) in [6, 6.07) is 3.51. The maximum Gasteiger partial charge on any atom is 0.276 e. The van der Waals surface area contributed by atoms with Crippen LogP contribution in [-0.4, -0.2) is 33.5 Å². The molecule has 1 aliphatic carbocycles. The van der Waals surface area contributed by atoms with Crippen LogP contribution in [0.2, 0.25) is 0 Å².